The van der Waals surface area contributed by atoms with Crippen molar-refractivity contribution >= 4 is 17.5 Å². The molecule has 4 nitrogen and oxygen atoms in total. The predicted octanol–water partition coefficient (Wildman–Crippen LogP) is 3.33. The van der Waals surface area contributed by atoms with Crippen molar-refractivity contribution in [3.8, 4) is 0 Å². The van der Waals surface area contributed by atoms with E-state index < -0.39 is 0 Å². The van der Waals surface area contributed by atoms with E-state index in [-0.39, 0.29) is 18.2 Å². The van der Waals surface area contributed by atoms with Gasteiger partial charge in [-0.1, -0.05) is 49.4 Å². The second-order valence-electron chi connectivity index (χ2n) is 5.71. The molecule has 0 fully saturated rings. The van der Waals surface area contributed by atoms with Crippen LogP contribution in [0.3, 0.4) is 0 Å². The van der Waals surface area contributed by atoms with Crippen LogP contribution in [0.5, 0.6) is 0 Å². The molecule has 0 aliphatic heterocycles. The van der Waals surface area contributed by atoms with Gasteiger partial charge in [0.15, 0.2) is 0 Å². The lowest BCUT2D eigenvalue weighted by atomic mass is 10.1. The van der Waals surface area contributed by atoms with E-state index in [1.165, 1.54) is 11.1 Å². The lowest BCUT2D eigenvalue weighted by Crippen LogP contribution is -2.29. The maximum Gasteiger partial charge on any atom is 0.233 e. The van der Waals surface area contributed by atoms with Crippen LogP contribution in [0.15, 0.2) is 54.6 Å². The molecule has 24 heavy (non-hydrogen) atoms. The maximum atomic E-state index is 11.9. The Morgan fingerprint density at radius 1 is 0.875 bits per heavy atom. The van der Waals surface area contributed by atoms with Crippen molar-refractivity contribution in [1.29, 1.82) is 0 Å². The first-order chi connectivity index (χ1) is 11.7. The molecule has 2 N–H and O–H groups in total. The average molecular weight is 324 g/mol. The van der Waals surface area contributed by atoms with Crippen molar-refractivity contribution in [3.63, 3.8) is 0 Å². The van der Waals surface area contributed by atoms with Crippen molar-refractivity contribution in [2.75, 3.05) is 11.9 Å². The van der Waals surface area contributed by atoms with Gasteiger partial charge in [-0.15, -0.1) is 0 Å². The number of carbonyl (C=O) groups excluding carboxylic acids is 2. The molecule has 0 bridgehead atoms. The van der Waals surface area contributed by atoms with Crippen LogP contribution in [-0.2, 0) is 22.4 Å². The van der Waals surface area contributed by atoms with Crippen LogP contribution >= 0.6 is 0 Å². The van der Waals surface area contributed by atoms with Gasteiger partial charge in [0.2, 0.25) is 11.8 Å². The third-order valence-corrected chi connectivity index (χ3v) is 3.77. The molecule has 0 aliphatic carbocycles. The van der Waals surface area contributed by atoms with Crippen LogP contribution in [0, 0.1) is 0 Å². The Hall–Kier alpha value is -2.62. The first-order valence-electron chi connectivity index (χ1n) is 8.37. The summed E-state index contributed by atoms with van der Waals surface area (Å²) >= 11 is 0. The molecule has 0 saturated carbocycles. The molecule has 0 aliphatic rings. The zero-order valence-corrected chi connectivity index (χ0v) is 14.0. The van der Waals surface area contributed by atoms with Gasteiger partial charge in [-0.3, -0.25) is 9.59 Å². The molecular weight excluding hydrogens is 300 g/mol. The third-order valence-electron chi connectivity index (χ3n) is 3.77. The first kappa shape index (κ1) is 17.7. The molecule has 0 spiro atoms. The Morgan fingerprint density at radius 3 is 2.25 bits per heavy atom. The average Bonchev–Trinajstić information content (AvgIpc) is 2.60. The quantitative estimate of drug-likeness (QED) is 0.578. The van der Waals surface area contributed by atoms with Gasteiger partial charge in [0.05, 0.1) is 0 Å². The van der Waals surface area contributed by atoms with Crippen LogP contribution in [0.1, 0.15) is 30.9 Å². The zero-order chi connectivity index (χ0) is 17.2. The highest BCUT2D eigenvalue weighted by Gasteiger charge is 2.09. The number of hydrogen-bond donors (Lipinski definition) is 2. The Bertz CT molecular complexity index is 651. The number of carbonyl (C=O) groups is 2. The number of nitrogens with one attached hydrogen (secondary N) is 2. The Balaban J connectivity index is 1.65. The van der Waals surface area contributed by atoms with Crippen molar-refractivity contribution in [3.05, 3.63) is 65.7 Å². The Morgan fingerprint density at radius 2 is 1.58 bits per heavy atom. The molecule has 0 radical (unpaired) electrons. The van der Waals surface area contributed by atoms with Gasteiger partial charge in [-0.2, -0.15) is 0 Å². The summed E-state index contributed by atoms with van der Waals surface area (Å²) in [5.41, 5.74) is 3.18. The lowest BCUT2D eigenvalue weighted by Gasteiger charge is -2.07. The van der Waals surface area contributed by atoms with E-state index >= 15 is 0 Å². The fraction of sp³-hybridized carbons (Fsp3) is 0.300. The highest BCUT2D eigenvalue weighted by atomic mass is 16.2. The van der Waals surface area contributed by atoms with Crippen molar-refractivity contribution in [1.82, 2.24) is 5.32 Å². The number of aryl methyl sites for hydroxylation is 2. The summed E-state index contributed by atoms with van der Waals surface area (Å²) < 4.78 is 0. The van der Waals surface area contributed by atoms with Crippen LogP contribution in [-0.4, -0.2) is 18.4 Å². The SMILES string of the molecule is CCc1ccc(NC(=O)CC(=O)NCCCc2ccccc2)cc1. The lowest BCUT2D eigenvalue weighted by molar-refractivity contribution is -0.126. The van der Waals surface area contributed by atoms with Crippen molar-refractivity contribution < 1.29 is 9.59 Å². The van der Waals surface area contributed by atoms with E-state index in [0.717, 1.165) is 19.3 Å². The molecule has 0 unspecified atom stereocenters. The van der Waals surface area contributed by atoms with E-state index in [9.17, 15) is 9.59 Å². The van der Waals surface area contributed by atoms with Gasteiger partial charge < -0.3 is 10.6 Å². The zero-order valence-electron chi connectivity index (χ0n) is 14.0. The number of benzene rings is 2. The largest absolute Gasteiger partial charge is 0.356 e. The molecule has 2 amide bonds. The highest BCUT2D eigenvalue weighted by Crippen LogP contribution is 2.10. The molecule has 2 rings (SSSR count). The maximum absolute atomic E-state index is 11.9. The fourth-order valence-corrected chi connectivity index (χ4v) is 2.40. The Kier molecular flexibility index (Phi) is 7.02. The second-order valence-corrected chi connectivity index (χ2v) is 5.71. The summed E-state index contributed by atoms with van der Waals surface area (Å²) in [7, 11) is 0. The number of hydrogen-bond acceptors (Lipinski definition) is 2. The fourth-order valence-electron chi connectivity index (χ4n) is 2.40. The molecule has 2 aromatic carbocycles. The standard InChI is InChI=1S/C20H24N2O2/c1-2-16-10-12-18(13-11-16)22-20(24)15-19(23)21-14-6-9-17-7-4-3-5-8-17/h3-5,7-8,10-13H,2,6,9,14-15H2,1H3,(H,21,23)(H,22,24). The molecule has 0 atom stereocenters. The number of rotatable bonds is 8. The molecule has 0 aromatic heterocycles. The van der Waals surface area contributed by atoms with Crippen LogP contribution < -0.4 is 10.6 Å². The van der Waals surface area contributed by atoms with E-state index in [1.54, 1.807) is 0 Å². The third kappa shape index (κ3) is 6.24. The molecule has 126 valence electrons. The smallest absolute Gasteiger partial charge is 0.233 e. The minimum atomic E-state index is -0.292. The van der Waals surface area contributed by atoms with E-state index in [0.29, 0.717) is 12.2 Å². The molecule has 0 heterocycles. The summed E-state index contributed by atoms with van der Waals surface area (Å²) in [6, 6.07) is 17.8. The number of anilines is 1. The Labute approximate surface area is 143 Å². The normalized spacial score (nSPS) is 10.2. The molecule has 0 saturated heterocycles. The topological polar surface area (TPSA) is 58.2 Å². The van der Waals surface area contributed by atoms with Crippen LogP contribution in [0.2, 0.25) is 0 Å². The van der Waals surface area contributed by atoms with Gasteiger partial charge in [0.25, 0.3) is 0 Å². The van der Waals surface area contributed by atoms with Gasteiger partial charge in [0.1, 0.15) is 6.42 Å². The van der Waals surface area contributed by atoms with E-state index in [4.69, 9.17) is 0 Å². The minimum absolute atomic E-state index is 0.152. The first-order valence-corrected chi connectivity index (χ1v) is 8.37. The van der Waals surface area contributed by atoms with Crippen molar-refractivity contribution in [2.24, 2.45) is 0 Å². The molecular formula is C20H24N2O2. The summed E-state index contributed by atoms with van der Waals surface area (Å²) in [6.07, 6.45) is 2.58. The number of amides is 2. The van der Waals surface area contributed by atoms with Gasteiger partial charge in [-0.05, 0) is 42.5 Å². The summed E-state index contributed by atoms with van der Waals surface area (Å²) in [4.78, 5) is 23.6. The summed E-state index contributed by atoms with van der Waals surface area (Å²) in [5.74, 6) is -0.537. The van der Waals surface area contributed by atoms with E-state index in [2.05, 4.69) is 29.7 Å². The molecule has 2 aromatic rings. The molecule has 4 heteroatoms. The van der Waals surface area contributed by atoms with Crippen LogP contribution in [0.25, 0.3) is 0 Å². The highest BCUT2D eigenvalue weighted by molar-refractivity contribution is 6.03. The van der Waals surface area contributed by atoms with Crippen LogP contribution in [0.4, 0.5) is 5.69 Å². The second kappa shape index (κ2) is 9.50. The van der Waals surface area contributed by atoms with Gasteiger partial charge in [-0.25, -0.2) is 0 Å². The van der Waals surface area contributed by atoms with E-state index in [1.807, 2.05) is 42.5 Å². The summed E-state index contributed by atoms with van der Waals surface area (Å²) in [5, 5.41) is 5.53. The van der Waals surface area contributed by atoms with Gasteiger partial charge in [0, 0.05) is 12.2 Å². The summed E-state index contributed by atoms with van der Waals surface area (Å²) in [6.45, 7) is 2.65. The predicted molar refractivity (Wildman–Crippen MR) is 96.8 cm³/mol. The minimum Gasteiger partial charge on any atom is -0.356 e. The van der Waals surface area contributed by atoms with Crippen molar-refractivity contribution in [2.45, 2.75) is 32.6 Å². The monoisotopic (exact) mass is 324 g/mol. The van der Waals surface area contributed by atoms with Gasteiger partial charge >= 0.3 is 0 Å².